The maximum atomic E-state index is 12.7. The number of amides is 1. The fourth-order valence-electron chi connectivity index (χ4n) is 4.90. The van der Waals surface area contributed by atoms with Gasteiger partial charge < -0.3 is 25.4 Å². The molecule has 1 fully saturated rings. The monoisotopic (exact) mass is 523 g/mol. The Morgan fingerprint density at radius 2 is 1.84 bits per heavy atom. The molecule has 0 spiro atoms. The van der Waals surface area contributed by atoms with Crippen molar-refractivity contribution in [2.75, 3.05) is 45.6 Å². The third-order valence-electron chi connectivity index (χ3n) is 7.17. The molecule has 7 heteroatoms. The summed E-state index contributed by atoms with van der Waals surface area (Å²) < 4.78 is 11.2. The number of carbonyl (C=O) groups excluding carboxylic acids is 1. The average molecular weight is 524 g/mol. The Morgan fingerprint density at radius 1 is 1.05 bits per heavy atom. The number of likely N-dealkylation sites (tertiary alicyclic amines) is 1. The summed E-state index contributed by atoms with van der Waals surface area (Å²) in [6.07, 6.45) is 5.65. The van der Waals surface area contributed by atoms with E-state index in [0.717, 1.165) is 45.5 Å². The van der Waals surface area contributed by atoms with E-state index in [1.807, 2.05) is 0 Å². The van der Waals surface area contributed by atoms with Gasteiger partial charge in [0, 0.05) is 19.2 Å². The molecule has 3 N–H and O–H groups in total. The minimum absolute atomic E-state index is 0.177. The Labute approximate surface area is 225 Å². The standard InChI is InChI=1S/C30H38ClN3O3/c1-36-29-19-28(32)27(31)18-26(29)30(35)33-20-22-11-14-34(15-12-22)13-5-2-6-16-37-21-23-9-10-24-7-3-4-8-25(24)17-23/h3-4,7-10,17-19,22H,2,5-6,11-16,20-21,32H2,1H3,(H,33,35). The second-order valence-electron chi connectivity index (χ2n) is 9.86. The zero-order valence-corrected chi connectivity index (χ0v) is 22.4. The van der Waals surface area contributed by atoms with Crippen molar-refractivity contribution in [3.63, 3.8) is 0 Å². The molecule has 0 aliphatic carbocycles. The number of piperidine rings is 1. The van der Waals surface area contributed by atoms with Gasteiger partial charge >= 0.3 is 0 Å². The van der Waals surface area contributed by atoms with Crippen LogP contribution >= 0.6 is 11.6 Å². The summed E-state index contributed by atoms with van der Waals surface area (Å²) >= 11 is 6.10. The summed E-state index contributed by atoms with van der Waals surface area (Å²) in [6.45, 7) is 5.43. The summed E-state index contributed by atoms with van der Waals surface area (Å²) in [6, 6.07) is 18.1. The number of unbranched alkanes of at least 4 members (excludes halogenated alkanes) is 2. The lowest BCUT2D eigenvalue weighted by molar-refractivity contribution is 0.0932. The zero-order chi connectivity index (χ0) is 26.0. The highest BCUT2D eigenvalue weighted by atomic mass is 35.5. The van der Waals surface area contributed by atoms with Gasteiger partial charge in [-0.2, -0.15) is 0 Å². The molecule has 0 unspecified atom stereocenters. The predicted octanol–water partition coefficient (Wildman–Crippen LogP) is 5.91. The molecular formula is C30H38ClN3O3. The highest BCUT2D eigenvalue weighted by molar-refractivity contribution is 6.33. The second kappa shape index (κ2) is 13.7. The van der Waals surface area contributed by atoms with E-state index in [1.54, 1.807) is 12.1 Å². The van der Waals surface area contributed by atoms with Crippen LogP contribution < -0.4 is 15.8 Å². The topological polar surface area (TPSA) is 76.8 Å². The molecule has 4 rings (SSSR count). The first-order valence-corrected chi connectivity index (χ1v) is 13.6. The van der Waals surface area contributed by atoms with Gasteiger partial charge in [-0.05, 0) is 86.1 Å². The maximum Gasteiger partial charge on any atom is 0.255 e. The van der Waals surface area contributed by atoms with Crippen LogP contribution in [0.3, 0.4) is 0 Å². The molecule has 0 bridgehead atoms. The average Bonchev–Trinajstić information content (AvgIpc) is 2.93. The Balaban J connectivity index is 1.06. The van der Waals surface area contributed by atoms with Gasteiger partial charge in [0.25, 0.3) is 5.91 Å². The van der Waals surface area contributed by atoms with Gasteiger partial charge in [-0.25, -0.2) is 0 Å². The number of benzene rings is 3. The molecule has 0 radical (unpaired) electrons. The number of methoxy groups -OCH3 is 1. The fraction of sp³-hybridized carbons (Fsp3) is 0.433. The summed E-state index contributed by atoms with van der Waals surface area (Å²) in [7, 11) is 1.52. The molecular weight excluding hydrogens is 486 g/mol. The van der Waals surface area contributed by atoms with Crippen LogP contribution in [0.1, 0.15) is 48.0 Å². The SMILES string of the molecule is COc1cc(N)c(Cl)cc1C(=O)NCC1CCN(CCCCCOCc2ccc3ccccc3c2)CC1. The number of nitrogens with zero attached hydrogens (tertiary/aromatic N) is 1. The molecule has 3 aromatic rings. The fourth-order valence-corrected chi connectivity index (χ4v) is 5.06. The summed E-state index contributed by atoms with van der Waals surface area (Å²) in [5.74, 6) is 0.747. The molecule has 6 nitrogen and oxygen atoms in total. The molecule has 1 heterocycles. The van der Waals surface area contributed by atoms with Gasteiger partial charge in [-0.1, -0.05) is 48.0 Å². The molecule has 37 heavy (non-hydrogen) atoms. The lowest BCUT2D eigenvalue weighted by Gasteiger charge is -2.32. The van der Waals surface area contributed by atoms with Crippen LogP contribution in [0.25, 0.3) is 10.8 Å². The Kier molecular flexibility index (Phi) is 10.1. The molecule has 3 aromatic carbocycles. The first-order valence-electron chi connectivity index (χ1n) is 13.2. The van der Waals surface area contributed by atoms with E-state index in [4.69, 9.17) is 26.8 Å². The van der Waals surface area contributed by atoms with Crippen molar-refractivity contribution in [1.29, 1.82) is 0 Å². The van der Waals surface area contributed by atoms with Crippen LogP contribution in [-0.2, 0) is 11.3 Å². The smallest absolute Gasteiger partial charge is 0.255 e. The van der Waals surface area contributed by atoms with E-state index in [-0.39, 0.29) is 5.91 Å². The largest absolute Gasteiger partial charge is 0.496 e. The van der Waals surface area contributed by atoms with E-state index in [9.17, 15) is 4.79 Å². The first-order chi connectivity index (χ1) is 18.0. The second-order valence-corrected chi connectivity index (χ2v) is 10.3. The van der Waals surface area contributed by atoms with Crippen LogP contribution in [0.4, 0.5) is 5.69 Å². The predicted molar refractivity (Wildman–Crippen MR) is 151 cm³/mol. The van der Waals surface area contributed by atoms with Crippen LogP contribution in [0.2, 0.25) is 5.02 Å². The highest BCUT2D eigenvalue weighted by Gasteiger charge is 2.21. The number of hydrogen-bond acceptors (Lipinski definition) is 5. The number of ether oxygens (including phenoxy) is 2. The number of nitrogen functional groups attached to an aromatic ring is 1. The van der Waals surface area contributed by atoms with Crippen molar-refractivity contribution in [3.05, 3.63) is 70.7 Å². The van der Waals surface area contributed by atoms with E-state index in [2.05, 4.69) is 52.7 Å². The number of carbonyl (C=O) groups is 1. The number of nitrogens with one attached hydrogen (secondary N) is 1. The number of halogens is 1. The molecule has 1 aliphatic heterocycles. The molecule has 0 saturated carbocycles. The highest BCUT2D eigenvalue weighted by Crippen LogP contribution is 2.29. The first kappa shape index (κ1) is 27.2. The molecule has 1 saturated heterocycles. The lowest BCUT2D eigenvalue weighted by atomic mass is 9.96. The maximum absolute atomic E-state index is 12.7. The van der Waals surface area contributed by atoms with Crippen molar-refractivity contribution in [1.82, 2.24) is 10.2 Å². The number of rotatable bonds is 12. The Morgan fingerprint density at radius 3 is 2.62 bits per heavy atom. The lowest BCUT2D eigenvalue weighted by Crippen LogP contribution is -2.39. The van der Waals surface area contributed by atoms with Crippen LogP contribution in [0.15, 0.2) is 54.6 Å². The Bertz CT molecular complexity index is 1180. The molecule has 1 amide bonds. The summed E-state index contributed by atoms with van der Waals surface area (Å²) in [4.78, 5) is 15.2. The van der Waals surface area contributed by atoms with Gasteiger partial charge in [0.05, 0.1) is 30.0 Å². The third kappa shape index (κ3) is 7.84. The van der Waals surface area contributed by atoms with Gasteiger partial charge in [0.15, 0.2) is 0 Å². The normalized spacial score (nSPS) is 14.6. The number of anilines is 1. The molecule has 1 aliphatic rings. The van der Waals surface area contributed by atoms with E-state index in [1.165, 1.54) is 36.3 Å². The zero-order valence-electron chi connectivity index (χ0n) is 21.7. The van der Waals surface area contributed by atoms with Crippen LogP contribution in [-0.4, -0.2) is 50.7 Å². The van der Waals surface area contributed by atoms with Crippen LogP contribution in [0, 0.1) is 5.92 Å². The number of fused-ring (bicyclic) bond motifs is 1. The number of nitrogens with two attached hydrogens (primary N) is 1. The van der Waals surface area contributed by atoms with Crippen LogP contribution in [0.5, 0.6) is 5.75 Å². The van der Waals surface area contributed by atoms with Gasteiger partial charge in [0.2, 0.25) is 0 Å². The summed E-state index contributed by atoms with van der Waals surface area (Å²) in [5, 5.41) is 5.94. The minimum atomic E-state index is -0.177. The van der Waals surface area contributed by atoms with Gasteiger partial charge in [-0.3, -0.25) is 4.79 Å². The van der Waals surface area contributed by atoms with E-state index >= 15 is 0 Å². The van der Waals surface area contributed by atoms with Gasteiger partial charge in [-0.15, -0.1) is 0 Å². The molecule has 0 aromatic heterocycles. The number of hydrogen-bond donors (Lipinski definition) is 2. The van der Waals surface area contributed by atoms with Crippen molar-refractivity contribution >= 4 is 34.0 Å². The third-order valence-corrected chi connectivity index (χ3v) is 7.49. The van der Waals surface area contributed by atoms with Gasteiger partial charge in [0.1, 0.15) is 5.75 Å². The van der Waals surface area contributed by atoms with Crippen molar-refractivity contribution in [3.8, 4) is 5.75 Å². The van der Waals surface area contributed by atoms with E-state index in [0.29, 0.717) is 41.1 Å². The molecule has 0 atom stereocenters. The Hall–Kier alpha value is -2.80. The van der Waals surface area contributed by atoms with Crippen molar-refractivity contribution in [2.24, 2.45) is 5.92 Å². The van der Waals surface area contributed by atoms with E-state index < -0.39 is 0 Å². The minimum Gasteiger partial charge on any atom is -0.496 e. The van der Waals surface area contributed by atoms with Crippen molar-refractivity contribution in [2.45, 2.75) is 38.7 Å². The molecule has 198 valence electrons. The summed E-state index contributed by atoms with van der Waals surface area (Å²) in [5.41, 5.74) is 7.86. The van der Waals surface area contributed by atoms with Crippen molar-refractivity contribution < 1.29 is 14.3 Å². The quantitative estimate of drug-likeness (QED) is 0.228.